The van der Waals surface area contributed by atoms with Crippen LogP contribution in [-0.4, -0.2) is 36.2 Å². The summed E-state index contributed by atoms with van der Waals surface area (Å²) in [6, 6.07) is 31.2. The minimum Gasteiger partial charge on any atom is -0.743 e. The third-order valence-electron chi connectivity index (χ3n) is 6.57. The van der Waals surface area contributed by atoms with E-state index in [1.807, 2.05) is 0 Å². The van der Waals surface area contributed by atoms with Gasteiger partial charge in [-0.2, -0.15) is 39.5 Å². The highest BCUT2D eigenvalue weighted by Gasteiger charge is 2.83. The Bertz CT molecular complexity index is 1370. The largest absolute Gasteiger partial charge is 0.743 e. The molecule has 0 amide bonds. The van der Waals surface area contributed by atoms with Crippen LogP contribution in [0.25, 0.3) is 0 Å². The molecule has 0 aliphatic heterocycles. The maximum absolute atomic E-state index is 12.2. The van der Waals surface area contributed by atoms with Crippen molar-refractivity contribution in [2.45, 2.75) is 76.0 Å². The third-order valence-corrected chi connectivity index (χ3v) is 9.75. The number of hydrogen-bond donors (Lipinski definition) is 0. The van der Waals surface area contributed by atoms with Crippen LogP contribution in [-0.2, 0) is 21.0 Å². The fourth-order valence-corrected chi connectivity index (χ4v) is 7.20. The summed E-state index contributed by atoms with van der Waals surface area (Å²) in [5.74, 6) is -14.1. The molecule has 0 N–H and O–H groups in total. The first-order valence-corrected chi connectivity index (χ1v) is 15.2. The normalized spacial score (nSPS) is 15.7. The van der Waals surface area contributed by atoms with Crippen molar-refractivity contribution in [3.8, 4) is 0 Å². The van der Waals surface area contributed by atoms with Crippen molar-refractivity contribution in [1.82, 2.24) is 0 Å². The van der Waals surface area contributed by atoms with Gasteiger partial charge in [-0.25, -0.2) is 8.42 Å². The van der Waals surface area contributed by atoms with Gasteiger partial charge in [0.25, 0.3) is 0 Å². The highest BCUT2D eigenvalue weighted by atomic mass is 32.2. The van der Waals surface area contributed by atoms with Gasteiger partial charge in [-0.15, -0.1) is 0 Å². The summed E-state index contributed by atoms with van der Waals surface area (Å²) in [4.78, 5) is 4.35. The second-order valence-electron chi connectivity index (χ2n) is 9.42. The molecule has 0 spiro atoms. The highest BCUT2D eigenvalue weighted by molar-refractivity contribution is 7.97. The molecule has 0 radical (unpaired) electrons. The SMILES string of the molecule is O=S(=O)([O-])C(F)(F)C(F)(F)C(F)(F)C(F)(F)F.c1ccc([S+](c2ccccc2)c2ccccc2C2CCCCC2)cc1. The number of alkyl halides is 9. The average Bonchev–Trinajstić information content (AvgIpc) is 2.94. The zero-order valence-corrected chi connectivity index (χ0v) is 23.3. The molecule has 14 heteroatoms. The molecule has 3 aromatic rings. The molecule has 0 heterocycles. The summed E-state index contributed by atoms with van der Waals surface area (Å²) in [5, 5.41) is -7.11. The monoisotopic (exact) mass is 644 g/mol. The van der Waals surface area contributed by atoms with E-state index >= 15 is 0 Å². The van der Waals surface area contributed by atoms with Crippen LogP contribution in [0, 0.1) is 0 Å². The summed E-state index contributed by atoms with van der Waals surface area (Å²) in [6.45, 7) is 0. The Kier molecular flexibility index (Phi) is 10.4. The minimum atomic E-state index is -7.43. The van der Waals surface area contributed by atoms with Gasteiger partial charge in [0.1, 0.15) is 0 Å². The first-order chi connectivity index (χ1) is 19.4. The quantitative estimate of drug-likeness (QED) is 0.147. The number of halogens is 9. The van der Waals surface area contributed by atoms with Gasteiger partial charge >= 0.3 is 23.3 Å². The third kappa shape index (κ3) is 6.91. The van der Waals surface area contributed by atoms with Gasteiger partial charge in [0, 0.05) is 5.56 Å². The van der Waals surface area contributed by atoms with Crippen LogP contribution in [0.4, 0.5) is 39.5 Å². The van der Waals surface area contributed by atoms with Crippen molar-refractivity contribution in [2.24, 2.45) is 0 Å². The molecule has 0 unspecified atom stereocenters. The van der Waals surface area contributed by atoms with E-state index in [1.165, 1.54) is 46.8 Å². The van der Waals surface area contributed by atoms with Gasteiger partial charge in [-0.3, -0.25) is 0 Å². The average molecular weight is 645 g/mol. The van der Waals surface area contributed by atoms with Crippen LogP contribution < -0.4 is 0 Å². The molecule has 0 saturated heterocycles. The Balaban J connectivity index is 0.000000252. The maximum atomic E-state index is 12.2. The smallest absolute Gasteiger partial charge is 0.460 e. The van der Waals surface area contributed by atoms with E-state index in [9.17, 15) is 52.5 Å². The first kappa shape index (κ1) is 33.8. The predicted octanol–water partition coefficient (Wildman–Crippen LogP) is 8.79. The van der Waals surface area contributed by atoms with Crippen molar-refractivity contribution in [3.05, 3.63) is 90.5 Å². The fourth-order valence-electron chi connectivity index (χ4n) is 4.44. The Morgan fingerprint density at radius 3 is 1.48 bits per heavy atom. The highest BCUT2D eigenvalue weighted by Crippen LogP contribution is 2.54. The maximum Gasteiger partial charge on any atom is 0.460 e. The van der Waals surface area contributed by atoms with Crippen LogP contribution in [0.3, 0.4) is 0 Å². The van der Waals surface area contributed by atoms with E-state index in [0.29, 0.717) is 0 Å². The Labute approximate surface area is 239 Å². The lowest BCUT2D eigenvalue weighted by Gasteiger charge is -2.34. The van der Waals surface area contributed by atoms with Gasteiger partial charge in [-0.1, -0.05) is 73.9 Å². The minimum absolute atomic E-state index is 0.0279. The molecule has 230 valence electrons. The van der Waals surface area contributed by atoms with E-state index in [-0.39, 0.29) is 10.9 Å². The zero-order valence-electron chi connectivity index (χ0n) is 21.6. The number of hydrogen-bond acceptors (Lipinski definition) is 3. The Hall–Kier alpha value is -2.71. The molecule has 4 rings (SSSR count). The van der Waals surface area contributed by atoms with Crippen molar-refractivity contribution in [2.75, 3.05) is 0 Å². The summed E-state index contributed by atoms with van der Waals surface area (Å²) < 4.78 is 135. The predicted molar refractivity (Wildman–Crippen MR) is 138 cm³/mol. The van der Waals surface area contributed by atoms with Crippen molar-refractivity contribution in [1.29, 1.82) is 0 Å². The molecule has 0 aromatic heterocycles. The van der Waals surface area contributed by atoms with E-state index in [1.54, 1.807) is 5.56 Å². The lowest BCUT2D eigenvalue weighted by atomic mass is 9.84. The van der Waals surface area contributed by atoms with Crippen LogP contribution in [0.2, 0.25) is 0 Å². The molecular weight excluding hydrogens is 619 g/mol. The van der Waals surface area contributed by atoms with Crippen LogP contribution in [0.5, 0.6) is 0 Å². The van der Waals surface area contributed by atoms with Gasteiger partial charge in [0.15, 0.2) is 24.8 Å². The van der Waals surface area contributed by atoms with Crippen molar-refractivity contribution >= 4 is 21.0 Å². The van der Waals surface area contributed by atoms with E-state index in [2.05, 4.69) is 84.9 Å². The van der Waals surface area contributed by atoms with E-state index in [0.717, 1.165) is 5.92 Å². The molecule has 1 fully saturated rings. The first-order valence-electron chi connectivity index (χ1n) is 12.5. The summed E-state index contributed by atoms with van der Waals surface area (Å²) in [7, 11) is -7.44. The molecule has 1 aliphatic carbocycles. The lowest BCUT2D eigenvalue weighted by Crippen LogP contribution is -2.63. The van der Waals surface area contributed by atoms with Crippen molar-refractivity contribution < 1.29 is 52.5 Å². The topological polar surface area (TPSA) is 57.2 Å². The van der Waals surface area contributed by atoms with Gasteiger partial charge in [-0.05, 0) is 49.1 Å². The van der Waals surface area contributed by atoms with Crippen LogP contribution in [0.1, 0.15) is 43.6 Å². The van der Waals surface area contributed by atoms with Gasteiger partial charge < -0.3 is 4.55 Å². The molecular formula is C28H25F9O3S2. The molecule has 42 heavy (non-hydrogen) atoms. The number of rotatable bonds is 7. The van der Waals surface area contributed by atoms with Crippen LogP contribution >= 0.6 is 0 Å². The summed E-state index contributed by atoms with van der Waals surface area (Å²) in [5.41, 5.74) is 1.58. The van der Waals surface area contributed by atoms with Gasteiger partial charge in [0.2, 0.25) is 0 Å². The fraction of sp³-hybridized carbons (Fsp3) is 0.357. The standard InChI is InChI=1S/C24H25S.C4HF9O3S/c1-4-12-20(13-5-1)23-18-10-11-19-24(23)25(21-14-6-2-7-15-21)22-16-8-3-9-17-22;5-1(6,3(9,10)11)2(7,8)4(12,13)17(14,15)16/h2-3,6-11,14-20H,1,4-5,12-13H2;(H,14,15,16)/q+1;/p-1. The van der Waals surface area contributed by atoms with Gasteiger partial charge in [0.05, 0.1) is 10.9 Å². The Morgan fingerprint density at radius 1 is 0.619 bits per heavy atom. The molecule has 0 bridgehead atoms. The molecule has 0 atom stereocenters. The van der Waals surface area contributed by atoms with E-state index in [4.69, 9.17) is 0 Å². The van der Waals surface area contributed by atoms with Crippen molar-refractivity contribution in [3.63, 3.8) is 0 Å². The number of benzene rings is 3. The summed E-state index contributed by atoms with van der Waals surface area (Å²) >= 11 is 0. The lowest BCUT2D eigenvalue weighted by molar-refractivity contribution is -0.382. The molecule has 3 nitrogen and oxygen atoms in total. The van der Waals surface area contributed by atoms with Crippen LogP contribution in [0.15, 0.2) is 99.6 Å². The summed E-state index contributed by atoms with van der Waals surface area (Å²) in [6.07, 6.45) is -0.311. The zero-order chi connectivity index (χ0) is 31.4. The second-order valence-corrected chi connectivity index (χ2v) is 12.8. The molecule has 3 aromatic carbocycles. The second kappa shape index (κ2) is 12.9. The molecule has 1 saturated carbocycles. The Morgan fingerprint density at radius 2 is 1.05 bits per heavy atom. The molecule has 1 aliphatic rings. The van der Waals surface area contributed by atoms with E-state index < -0.39 is 33.4 Å².